The number of likely N-dealkylation sites (tertiary alicyclic amines) is 1. The fourth-order valence-corrected chi connectivity index (χ4v) is 5.07. The maximum absolute atomic E-state index is 12.3. The lowest BCUT2D eigenvalue weighted by Gasteiger charge is -2.32. The van der Waals surface area contributed by atoms with Gasteiger partial charge in [-0.1, -0.05) is 13.0 Å². The number of piperidine rings is 1. The fourth-order valence-electron chi connectivity index (χ4n) is 2.74. The van der Waals surface area contributed by atoms with Gasteiger partial charge in [-0.15, -0.1) is 11.3 Å². The van der Waals surface area contributed by atoms with Crippen LogP contribution in [0.1, 0.15) is 26.2 Å². The van der Waals surface area contributed by atoms with Crippen LogP contribution >= 0.6 is 11.3 Å². The van der Waals surface area contributed by atoms with Crippen LogP contribution < -0.4 is 5.32 Å². The molecule has 0 bridgehead atoms. The summed E-state index contributed by atoms with van der Waals surface area (Å²) >= 11 is 1.16. The van der Waals surface area contributed by atoms with Crippen LogP contribution in [0.3, 0.4) is 0 Å². The maximum atomic E-state index is 12.3. The highest BCUT2D eigenvalue weighted by Gasteiger charge is 2.25. The van der Waals surface area contributed by atoms with Gasteiger partial charge in [0.25, 0.3) is 10.0 Å². The number of hydrogen-bond acceptors (Lipinski definition) is 5. The Hall–Kier alpha value is -0.960. The van der Waals surface area contributed by atoms with Crippen LogP contribution in [0.25, 0.3) is 0 Å². The molecule has 1 aliphatic heterocycles. The van der Waals surface area contributed by atoms with Crippen LogP contribution in [0.2, 0.25) is 0 Å². The largest absolute Gasteiger partial charge is 0.352 e. The van der Waals surface area contributed by atoms with Crippen LogP contribution in [0.15, 0.2) is 21.7 Å². The molecule has 8 heteroatoms. The van der Waals surface area contributed by atoms with Crippen molar-refractivity contribution in [3.63, 3.8) is 0 Å². The number of likely N-dealkylation sites (N-methyl/N-ethyl adjacent to an activating group) is 1. The second kappa shape index (κ2) is 8.23. The van der Waals surface area contributed by atoms with Crippen LogP contribution in [0.5, 0.6) is 0 Å². The average Bonchev–Trinajstić information content (AvgIpc) is 3.04. The highest BCUT2D eigenvalue weighted by molar-refractivity contribution is 7.91. The number of nitrogens with zero attached hydrogens (tertiary/aromatic N) is 2. The number of amides is 1. The normalized spacial score (nSPS) is 17.5. The van der Waals surface area contributed by atoms with Gasteiger partial charge in [0.2, 0.25) is 5.91 Å². The topological polar surface area (TPSA) is 69.7 Å². The lowest BCUT2D eigenvalue weighted by molar-refractivity contribution is -0.122. The van der Waals surface area contributed by atoms with E-state index in [1.54, 1.807) is 17.5 Å². The van der Waals surface area contributed by atoms with Crippen molar-refractivity contribution in [3.05, 3.63) is 17.5 Å². The van der Waals surface area contributed by atoms with Gasteiger partial charge >= 0.3 is 0 Å². The molecule has 0 aromatic carbocycles. The van der Waals surface area contributed by atoms with Gasteiger partial charge in [-0.05, 0) is 37.3 Å². The van der Waals surface area contributed by atoms with E-state index in [2.05, 4.69) is 17.1 Å². The minimum atomic E-state index is -3.56. The Bertz CT molecular complexity index is 593. The summed E-state index contributed by atoms with van der Waals surface area (Å²) in [7, 11) is -2.12. The van der Waals surface area contributed by atoms with Crippen molar-refractivity contribution in [2.75, 3.05) is 33.2 Å². The molecule has 1 saturated heterocycles. The Balaban J connectivity index is 1.81. The molecule has 23 heavy (non-hydrogen) atoms. The summed E-state index contributed by atoms with van der Waals surface area (Å²) in [5.41, 5.74) is 0. The van der Waals surface area contributed by atoms with Gasteiger partial charge in [-0.2, -0.15) is 4.31 Å². The third kappa shape index (κ3) is 5.00. The predicted molar refractivity (Wildman–Crippen MR) is 92.0 cm³/mol. The SMILES string of the molecule is CCCN1CCC(NC(=O)CN(C)S(=O)(=O)c2cccs2)CC1. The molecular formula is C15H25N3O3S2. The van der Waals surface area contributed by atoms with Gasteiger partial charge in [0.05, 0.1) is 6.54 Å². The van der Waals surface area contributed by atoms with E-state index >= 15 is 0 Å². The lowest BCUT2D eigenvalue weighted by Crippen LogP contribution is -2.47. The summed E-state index contributed by atoms with van der Waals surface area (Å²) in [6, 6.07) is 3.39. The minimum Gasteiger partial charge on any atom is -0.352 e. The predicted octanol–water partition coefficient (Wildman–Crippen LogP) is 1.36. The monoisotopic (exact) mass is 359 g/mol. The van der Waals surface area contributed by atoms with Gasteiger partial charge in [0.15, 0.2) is 0 Å². The van der Waals surface area contributed by atoms with Gasteiger partial charge in [0.1, 0.15) is 4.21 Å². The molecule has 1 aromatic rings. The molecular weight excluding hydrogens is 334 g/mol. The summed E-state index contributed by atoms with van der Waals surface area (Å²) in [6.45, 7) is 5.10. The molecule has 2 heterocycles. The third-order valence-corrected chi connectivity index (χ3v) is 7.19. The molecule has 0 spiro atoms. The second-order valence-electron chi connectivity index (χ2n) is 5.88. The van der Waals surface area contributed by atoms with Crippen molar-refractivity contribution in [3.8, 4) is 0 Å². The van der Waals surface area contributed by atoms with Crippen molar-refractivity contribution in [1.82, 2.24) is 14.5 Å². The molecule has 0 saturated carbocycles. The van der Waals surface area contributed by atoms with Crippen LogP contribution in [-0.2, 0) is 14.8 Å². The zero-order chi connectivity index (χ0) is 16.9. The summed E-state index contributed by atoms with van der Waals surface area (Å²) in [5, 5.41) is 4.67. The van der Waals surface area contributed by atoms with Crippen molar-refractivity contribution < 1.29 is 13.2 Å². The lowest BCUT2D eigenvalue weighted by atomic mass is 10.0. The molecule has 1 aromatic heterocycles. The summed E-state index contributed by atoms with van der Waals surface area (Å²) in [4.78, 5) is 14.5. The number of rotatable bonds is 7. The van der Waals surface area contributed by atoms with Crippen molar-refractivity contribution >= 4 is 27.3 Å². The quantitative estimate of drug-likeness (QED) is 0.798. The molecule has 1 fully saturated rings. The Morgan fingerprint density at radius 2 is 2.13 bits per heavy atom. The zero-order valence-corrected chi connectivity index (χ0v) is 15.3. The molecule has 6 nitrogen and oxygen atoms in total. The molecule has 2 rings (SSSR count). The number of carbonyl (C=O) groups is 1. The first-order valence-corrected chi connectivity index (χ1v) is 10.3. The minimum absolute atomic E-state index is 0.143. The van der Waals surface area contributed by atoms with E-state index in [4.69, 9.17) is 0 Å². The Labute approximate surface area is 142 Å². The standard InChI is InChI=1S/C15H25N3O3S2/c1-3-8-18-9-6-13(7-10-18)16-14(19)12-17(2)23(20,21)15-5-4-11-22-15/h4-5,11,13H,3,6-10,12H2,1-2H3,(H,16,19). The second-order valence-corrected chi connectivity index (χ2v) is 9.10. The van der Waals surface area contributed by atoms with E-state index in [-0.39, 0.29) is 22.7 Å². The highest BCUT2D eigenvalue weighted by Crippen LogP contribution is 2.19. The van der Waals surface area contributed by atoms with E-state index in [1.807, 2.05) is 0 Å². The average molecular weight is 360 g/mol. The molecule has 1 amide bonds. The zero-order valence-electron chi connectivity index (χ0n) is 13.7. The maximum Gasteiger partial charge on any atom is 0.252 e. The van der Waals surface area contributed by atoms with E-state index in [0.29, 0.717) is 0 Å². The first kappa shape index (κ1) is 18.4. The summed E-state index contributed by atoms with van der Waals surface area (Å²) in [6.07, 6.45) is 2.99. The van der Waals surface area contributed by atoms with Crippen molar-refractivity contribution in [1.29, 1.82) is 0 Å². The first-order chi connectivity index (χ1) is 10.9. The van der Waals surface area contributed by atoms with E-state index in [1.165, 1.54) is 7.05 Å². The van der Waals surface area contributed by atoms with Gasteiger partial charge in [-0.25, -0.2) is 8.42 Å². The van der Waals surface area contributed by atoms with E-state index < -0.39 is 10.0 Å². The van der Waals surface area contributed by atoms with E-state index in [9.17, 15) is 13.2 Å². The van der Waals surface area contributed by atoms with Gasteiger partial charge in [0, 0.05) is 26.2 Å². The van der Waals surface area contributed by atoms with Gasteiger partial charge in [-0.3, -0.25) is 4.79 Å². The molecule has 1 N–H and O–H groups in total. The highest BCUT2D eigenvalue weighted by atomic mass is 32.2. The Morgan fingerprint density at radius 1 is 1.43 bits per heavy atom. The third-order valence-electron chi connectivity index (χ3n) is 4.02. The molecule has 0 aliphatic carbocycles. The number of nitrogens with one attached hydrogen (secondary N) is 1. The number of thiophene rings is 1. The molecule has 0 radical (unpaired) electrons. The number of hydrogen-bond donors (Lipinski definition) is 1. The molecule has 0 atom stereocenters. The number of carbonyl (C=O) groups excluding carboxylic acids is 1. The molecule has 0 unspecified atom stereocenters. The van der Waals surface area contributed by atoms with Crippen molar-refractivity contribution in [2.45, 2.75) is 36.4 Å². The first-order valence-electron chi connectivity index (χ1n) is 7.95. The number of sulfonamides is 1. The van der Waals surface area contributed by atoms with Crippen LogP contribution in [-0.4, -0.2) is 62.8 Å². The Morgan fingerprint density at radius 3 is 2.70 bits per heavy atom. The van der Waals surface area contributed by atoms with Crippen LogP contribution in [0.4, 0.5) is 0 Å². The summed E-state index contributed by atoms with van der Waals surface area (Å²) in [5.74, 6) is -0.235. The van der Waals surface area contributed by atoms with Gasteiger partial charge < -0.3 is 10.2 Å². The molecule has 130 valence electrons. The Kier molecular flexibility index (Phi) is 6.58. The van der Waals surface area contributed by atoms with Crippen molar-refractivity contribution in [2.24, 2.45) is 0 Å². The fraction of sp³-hybridized carbons (Fsp3) is 0.667. The smallest absolute Gasteiger partial charge is 0.252 e. The summed E-state index contributed by atoms with van der Waals surface area (Å²) < 4.78 is 25.9. The van der Waals surface area contributed by atoms with Crippen LogP contribution in [0, 0.1) is 0 Å². The van der Waals surface area contributed by atoms with E-state index in [0.717, 1.165) is 54.5 Å². The molecule has 1 aliphatic rings.